The second-order valence-corrected chi connectivity index (χ2v) is 9.23. The van der Waals surface area contributed by atoms with Crippen molar-refractivity contribution in [3.05, 3.63) is 105 Å². The molecule has 2 aromatic heterocycles. The van der Waals surface area contributed by atoms with Crippen LogP contribution in [0.15, 0.2) is 71.5 Å². The van der Waals surface area contributed by atoms with Crippen LogP contribution in [0.5, 0.6) is 0 Å². The number of aliphatic hydroxyl groups is 1. The number of amides is 1. The van der Waals surface area contributed by atoms with Gasteiger partial charge in [-0.05, 0) is 60.7 Å². The average molecular weight is 508 g/mol. The number of carbonyl (C=O) groups is 1. The van der Waals surface area contributed by atoms with Gasteiger partial charge in [0.1, 0.15) is 0 Å². The van der Waals surface area contributed by atoms with Gasteiger partial charge in [-0.15, -0.1) is 0 Å². The fourth-order valence-electron chi connectivity index (χ4n) is 4.45. The van der Waals surface area contributed by atoms with Gasteiger partial charge in [0.25, 0.3) is 5.91 Å². The van der Waals surface area contributed by atoms with Gasteiger partial charge in [-0.25, -0.2) is 4.68 Å². The molecule has 5 rings (SSSR count). The fourth-order valence-corrected chi connectivity index (χ4v) is 4.93. The minimum Gasteiger partial charge on any atom is -0.472 e. The van der Waals surface area contributed by atoms with Crippen LogP contribution in [0.2, 0.25) is 10.0 Å². The van der Waals surface area contributed by atoms with E-state index in [0.717, 1.165) is 40.8 Å². The summed E-state index contributed by atoms with van der Waals surface area (Å²) in [5, 5.41) is 18.6. The summed E-state index contributed by atoms with van der Waals surface area (Å²) >= 11 is 12.7. The largest absolute Gasteiger partial charge is 0.472 e. The molecule has 0 bridgehead atoms. The summed E-state index contributed by atoms with van der Waals surface area (Å²) in [6.45, 7) is -0.229. The van der Waals surface area contributed by atoms with E-state index in [2.05, 4.69) is 5.32 Å². The number of nitrogens with one attached hydrogen (secondary N) is 1. The average Bonchev–Trinajstić information content (AvgIpc) is 3.52. The quantitative estimate of drug-likeness (QED) is 0.329. The molecule has 2 N–H and O–H groups in total. The highest BCUT2D eigenvalue weighted by Crippen LogP contribution is 2.37. The number of nitrogens with zero attached hydrogens (tertiary/aromatic N) is 2. The van der Waals surface area contributed by atoms with Gasteiger partial charge in [0.2, 0.25) is 0 Å². The monoisotopic (exact) mass is 507 g/mol. The van der Waals surface area contributed by atoms with Gasteiger partial charge >= 0.3 is 0 Å². The molecule has 1 amide bonds. The van der Waals surface area contributed by atoms with E-state index in [9.17, 15) is 9.90 Å². The normalized spacial score (nSPS) is 15.1. The molecular weight excluding hydrogens is 485 g/mol. The van der Waals surface area contributed by atoms with Gasteiger partial charge in [0.05, 0.1) is 41.6 Å². The molecule has 178 valence electrons. The molecule has 0 saturated carbocycles. The zero-order chi connectivity index (χ0) is 24.4. The predicted molar refractivity (Wildman–Crippen MR) is 137 cm³/mol. The Labute approximate surface area is 212 Å². The van der Waals surface area contributed by atoms with Crippen LogP contribution in [0.1, 0.15) is 51.8 Å². The topological polar surface area (TPSA) is 80.3 Å². The minimum atomic E-state index is -0.548. The van der Waals surface area contributed by atoms with Crippen LogP contribution in [0.25, 0.3) is 17.3 Å². The maximum Gasteiger partial charge on any atom is 0.272 e. The Morgan fingerprint density at radius 3 is 2.71 bits per heavy atom. The van der Waals surface area contributed by atoms with Crippen LogP contribution in [-0.4, -0.2) is 27.4 Å². The Hall–Kier alpha value is -3.32. The van der Waals surface area contributed by atoms with Crippen molar-refractivity contribution >= 4 is 40.8 Å². The smallest absolute Gasteiger partial charge is 0.272 e. The molecule has 0 fully saturated rings. The van der Waals surface area contributed by atoms with Gasteiger partial charge in [-0.2, -0.15) is 5.10 Å². The Morgan fingerprint density at radius 2 is 2.00 bits per heavy atom. The molecule has 1 aliphatic rings. The molecule has 6 nitrogen and oxygen atoms in total. The SMILES string of the molecule is O=C(N[C@H](CO)c1ccccc1)c1nn(-c2ccc(Cl)cc2Cl)c2c1CCC/C2=C\c1ccoc1. The first kappa shape index (κ1) is 23.4. The number of hydrogen-bond donors (Lipinski definition) is 2. The van der Waals surface area contributed by atoms with Crippen LogP contribution >= 0.6 is 23.2 Å². The molecule has 1 atom stereocenters. The highest BCUT2D eigenvalue weighted by Gasteiger charge is 2.30. The highest BCUT2D eigenvalue weighted by atomic mass is 35.5. The lowest BCUT2D eigenvalue weighted by atomic mass is 9.90. The van der Waals surface area contributed by atoms with E-state index in [1.165, 1.54) is 0 Å². The molecule has 8 heteroatoms. The van der Waals surface area contributed by atoms with Crippen molar-refractivity contribution in [1.29, 1.82) is 0 Å². The summed E-state index contributed by atoms with van der Waals surface area (Å²) in [6.07, 6.45) is 7.74. The van der Waals surface area contributed by atoms with Crippen LogP contribution in [0.3, 0.4) is 0 Å². The molecule has 0 aliphatic heterocycles. The van der Waals surface area contributed by atoms with Crippen LogP contribution in [0.4, 0.5) is 0 Å². The van der Waals surface area contributed by atoms with Crippen molar-refractivity contribution in [2.75, 3.05) is 6.61 Å². The molecule has 0 radical (unpaired) electrons. The van der Waals surface area contributed by atoms with E-state index in [1.54, 1.807) is 35.4 Å². The molecule has 2 aromatic carbocycles. The summed E-state index contributed by atoms with van der Waals surface area (Å²) in [5.74, 6) is -0.349. The summed E-state index contributed by atoms with van der Waals surface area (Å²) in [7, 11) is 0. The summed E-state index contributed by atoms with van der Waals surface area (Å²) in [4.78, 5) is 13.5. The zero-order valence-corrected chi connectivity index (χ0v) is 20.3. The lowest BCUT2D eigenvalue weighted by Gasteiger charge is -2.19. The van der Waals surface area contributed by atoms with E-state index in [0.29, 0.717) is 27.8 Å². The number of furan rings is 1. The number of hydrogen-bond acceptors (Lipinski definition) is 4. The Bertz CT molecular complexity index is 1380. The lowest BCUT2D eigenvalue weighted by molar-refractivity contribution is 0.0909. The Kier molecular flexibility index (Phi) is 6.77. The van der Waals surface area contributed by atoms with Crippen molar-refractivity contribution in [3.63, 3.8) is 0 Å². The van der Waals surface area contributed by atoms with Crippen molar-refractivity contribution < 1.29 is 14.3 Å². The maximum atomic E-state index is 13.5. The molecule has 0 spiro atoms. The van der Waals surface area contributed by atoms with E-state index >= 15 is 0 Å². The number of aromatic nitrogens is 2. The van der Waals surface area contributed by atoms with Gasteiger partial charge in [-0.3, -0.25) is 4.79 Å². The van der Waals surface area contributed by atoms with Crippen LogP contribution in [-0.2, 0) is 6.42 Å². The summed E-state index contributed by atoms with van der Waals surface area (Å²) < 4.78 is 6.97. The molecule has 4 aromatic rings. The number of carbonyl (C=O) groups excluding carboxylic acids is 1. The molecule has 1 aliphatic carbocycles. The second-order valence-electron chi connectivity index (χ2n) is 8.38. The van der Waals surface area contributed by atoms with Crippen molar-refractivity contribution in [1.82, 2.24) is 15.1 Å². The number of halogens is 2. The van der Waals surface area contributed by atoms with Gasteiger partial charge in [0.15, 0.2) is 5.69 Å². The van der Waals surface area contributed by atoms with E-state index < -0.39 is 6.04 Å². The van der Waals surface area contributed by atoms with Gasteiger partial charge in [0, 0.05) is 16.1 Å². The number of benzene rings is 2. The zero-order valence-electron chi connectivity index (χ0n) is 18.7. The number of rotatable bonds is 6. The second kappa shape index (κ2) is 10.1. The van der Waals surface area contributed by atoms with Gasteiger partial charge < -0.3 is 14.8 Å². The van der Waals surface area contributed by atoms with Crippen LogP contribution in [0, 0.1) is 0 Å². The van der Waals surface area contributed by atoms with Crippen molar-refractivity contribution in [2.24, 2.45) is 0 Å². The van der Waals surface area contributed by atoms with Crippen molar-refractivity contribution in [2.45, 2.75) is 25.3 Å². The van der Waals surface area contributed by atoms with Gasteiger partial charge in [-0.1, -0.05) is 53.5 Å². The summed E-state index contributed by atoms with van der Waals surface area (Å²) in [6, 6.07) is 15.9. The molecule has 35 heavy (non-hydrogen) atoms. The minimum absolute atomic E-state index is 0.229. The first-order valence-electron chi connectivity index (χ1n) is 11.3. The first-order chi connectivity index (χ1) is 17.0. The third-order valence-corrected chi connectivity index (χ3v) is 6.63. The van der Waals surface area contributed by atoms with E-state index in [4.69, 9.17) is 32.7 Å². The number of aliphatic hydroxyl groups excluding tert-OH is 1. The van der Waals surface area contributed by atoms with Crippen LogP contribution < -0.4 is 5.32 Å². The summed E-state index contributed by atoms with van der Waals surface area (Å²) in [5.41, 5.74) is 5.42. The molecule has 0 saturated heterocycles. The fraction of sp³-hybridized carbons (Fsp3) is 0.185. The predicted octanol–water partition coefficient (Wildman–Crippen LogP) is 6.11. The third kappa shape index (κ3) is 4.78. The number of allylic oxidation sites excluding steroid dienone is 1. The third-order valence-electron chi connectivity index (χ3n) is 6.09. The highest BCUT2D eigenvalue weighted by molar-refractivity contribution is 6.35. The molecule has 2 heterocycles. The Balaban J connectivity index is 1.61. The standard InChI is InChI=1S/C27H23Cl2N3O3/c28-20-9-10-24(22(29)14-20)32-26-19(13-17-11-12-35-16-17)7-4-8-21(26)25(31-32)27(34)30-23(15-33)18-5-2-1-3-6-18/h1-3,5-6,9-14,16,23,33H,4,7-8,15H2,(H,30,34)/b19-13+/t23-/m1/s1. The first-order valence-corrected chi connectivity index (χ1v) is 12.1. The molecular formula is C27H23Cl2N3O3. The maximum absolute atomic E-state index is 13.5. The Morgan fingerprint density at radius 1 is 1.17 bits per heavy atom. The number of fused-ring (bicyclic) bond motifs is 1. The van der Waals surface area contributed by atoms with Crippen molar-refractivity contribution in [3.8, 4) is 5.69 Å². The lowest BCUT2D eigenvalue weighted by Crippen LogP contribution is -2.31. The van der Waals surface area contributed by atoms with E-state index in [-0.39, 0.29) is 12.5 Å². The van der Waals surface area contributed by atoms with E-state index in [1.807, 2.05) is 42.5 Å². The molecule has 0 unspecified atom stereocenters.